The van der Waals surface area contributed by atoms with Crippen molar-refractivity contribution < 1.29 is 22.6 Å². The summed E-state index contributed by atoms with van der Waals surface area (Å²) < 4.78 is 52.6. The number of nitrogens with zero attached hydrogens (tertiary/aromatic N) is 4. The van der Waals surface area contributed by atoms with Gasteiger partial charge in [-0.25, -0.2) is 9.50 Å². The fraction of sp³-hybridized carbons (Fsp3) is 0.478. The summed E-state index contributed by atoms with van der Waals surface area (Å²) in [5.41, 5.74) is 2.51. The molecule has 1 saturated heterocycles. The van der Waals surface area contributed by atoms with Gasteiger partial charge in [0.25, 0.3) is 0 Å². The van der Waals surface area contributed by atoms with E-state index in [0.29, 0.717) is 31.0 Å². The highest BCUT2D eigenvalue weighted by molar-refractivity contribution is 5.44. The highest BCUT2D eigenvalue weighted by atomic mass is 19.4. The van der Waals surface area contributed by atoms with Crippen molar-refractivity contribution in [2.24, 2.45) is 0 Å². The molecule has 172 valence electrons. The van der Waals surface area contributed by atoms with E-state index >= 15 is 0 Å². The number of methoxy groups -OCH3 is 2. The van der Waals surface area contributed by atoms with Crippen molar-refractivity contribution in [1.29, 1.82) is 0 Å². The Balaban J connectivity index is 1.68. The maximum absolute atomic E-state index is 13.6. The summed E-state index contributed by atoms with van der Waals surface area (Å²) in [6, 6.07) is 8.63. The van der Waals surface area contributed by atoms with Crippen LogP contribution in [0.25, 0.3) is 5.65 Å². The Morgan fingerprint density at radius 1 is 1.16 bits per heavy atom. The molecule has 1 aromatic carbocycles. The van der Waals surface area contributed by atoms with Gasteiger partial charge in [-0.1, -0.05) is 13.0 Å². The zero-order valence-electron chi connectivity index (χ0n) is 18.4. The maximum Gasteiger partial charge on any atom is 0.433 e. The molecule has 0 radical (unpaired) electrons. The van der Waals surface area contributed by atoms with Crippen LogP contribution in [0.15, 0.2) is 30.3 Å². The molecule has 2 aromatic heterocycles. The van der Waals surface area contributed by atoms with Gasteiger partial charge in [0.05, 0.1) is 25.5 Å². The number of likely N-dealkylation sites (tertiary alicyclic amines) is 1. The van der Waals surface area contributed by atoms with Gasteiger partial charge in [-0.05, 0) is 49.6 Å². The van der Waals surface area contributed by atoms with Gasteiger partial charge in [0.15, 0.2) is 5.65 Å². The lowest BCUT2D eigenvalue weighted by molar-refractivity contribution is -0.142. The maximum atomic E-state index is 13.6. The van der Waals surface area contributed by atoms with Crippen LogP contribution < -0.4 is 4.74 Å². The zero-order valence-corrected chi connectivity index (χ0v) is 18.4. The van der Waals surface area contributed by atoms with E-state index in [1.54, 1.807) is 27.2 Å². The first kappa shape index (κ1) is 22.5. The lowest BCUT2D eigenvalue weighted by atomic mass is 10.1. The van der Waals surface area contributed by atoms with Gasteiger partial charge in [0, 0.05) is 31.0 Å². The Bertz CT molecular complexity index is 1100. The fourth-order valence-electron chi connectivity index (χ4n) is 4.37. The van der Waals surface area contributed by atoms with Crippen LogP contribution in [-0.4, -0.2) is 40.3 Å². The summed E-state index contributed by atoms with van der Waals surface area (Å²) in [4.78, 5) is 6.62. The van der Waals surface area contributed by atoms with Gasteiger partial charge < -0.3 is 9.47 Å². The topological polar surface area (TPSA) is 51.9 Å². The minimum atomic E-state index is -4.50. The molecule has 0 aliphatic carbocycles. The second-order valence-corrected chi connectivity index (χ2v) is 8.03. The molecule has 9 heteroatoms. The van der Waals surface area contributed by atoms with E-state index in [9.17, 15) is 13.2 Å². The van der Waals surface area contributed by atoms with E-state index in [1.165, 1.54) is 0 Å². The van der Waals surface area contributed by atoms with Crippen LogP contribution in [0.3, 0.4) is 0 Å². The number of aryl methyl sites for hydroxylation is 1. The number of rotatable bonds is 7. The van der Waals surface area contributed by atoms with Crippen LogP contribution in [0, 0.1) is 0 Å². The molecule has 0 amide bonds. The monoisotopic (exact) mass is 448 g/mol. The predicted octanol–water partition coefficient (Wildman–Crippen LogP) is 4.80. The second-order valence-electron chi connectivity index (χ2n) is 8.03. The number of benzene rings is 1. The molecule has 0 bridgehead atoms. The molecule has 0 spiro atoms. The second kappa shape index (κ2) is 9.07. The lowest BCUT2D eigenvalue weighted by Gasteiger charge is -2.24. The van der Waals surface area contributed by atoms with E-state index in [4.69, 9.17) is 9.47 Å². The summed E-state index contributed by atoms with van der Waals surface area (Å²) in [5.74, 6) is 0.777. The quantitative estimate of drug-likeness (QED) is 0.520. The Kier molecular flexibility index (Phi) is 6.39. The first-order chi connectivity index (χ1) is 15.3. The summed E-state index contributed by atoms with van der Waals surface area (Å²) >= 11 is 0. The molecule has 3 aromatic rings. The summed E-state index contributed by atoms with van der Waals surface area (Å²) in [6.07, 6.45) is -2.31. The van der Waals surface area contributed by atoms with Gasteiger partial charge in [-0.2, -0.15) is 18.3 Å². The molecule has 1 aliphatic heterocycles. The molecule has 0 unspecified atom stereocenters. The van der Waals surface area contributed by atoms with Crippen LogP contribution in [0.4, 0.5) is 13.2 Å². The number of halogens is 3. The highest BCUT2D eigenvalue weighted by Gasteiger charge is 2.36. The average Bonchev–Trinajstić information content (AvgIpc) is 3.39. The van der Waals surface area contributed by atoms with Crippen molar-refractivity contribution in [1.82, 2.24) is 19.5 Å². The van der Waals surface area contributed by atoms with E-state index in [1.807, 2.05) is 12.1 Å². The first-order valence-corrected chi connectivity index (χ1v) is 10.7. The minimum Gasteiger partial charge on any atom is -0.496 e. The largest absolute Gasteiger partial charge is 0.496 e. The average molecular weight is 448 g/mol. The lowest BCUT2D eigenvalue weighted by Crippen LogP contribution is -2.23. The smallest absolute Gasteiger partial charge is 0.433 e. The number of aromatic nitrogens is 3. The molecule has 1 atom stereocenters. The number of hydrogen-bond acceptors (Lipinski definition) is 5. The summed E-state index contributed by atoms with van der Waals surface area (Å²) in [7, 11) is 3.28. The SMILES string of the molecule is CCc1cc(C(F)(F)F)n2nc([C@H]3CCCN3Cc3cc(COC)ccc3OC)cc2n1. The van der Waals surface area contributed by atoms with Crippen molar-refractivity contribution >= 4 is 5.65 Å². The Morgan fingerprint density at radius 3 is 2.66 bits per heavy atom. The third-order valence-electron chi connectivity index (χ3n) is 5.89. The molecule has 1 fully saturated rings. The van der Waals surface area contributed by atoms with Crippen molar-refractivity contribution in [2.45, 2.75) is 51.6 Å². The van der Waals surface area contributed by atoms with Gasteiger partial charge in [-0.3, -0.25) is 4.90 Å². The summed E-state index contributed by atoms with van der Waals surface area (Å²) in [5, 5.41) is 4.36. The van der Waals surface area contributed by atoms with Crippen LogP contribution >= 0.6 is 0 Å². The van der Waals surface area contributed by atoms with Crippen molar-refractivity contribution in [3.8, 4) is 5.75 Å². The summed E-state index contributed by atoms with van der Waals surface area (Å²) in [6.45, 7) is 3.73. The Hall–Kier alpha value is -2.65. The predicted molar refractivity (Wildman–Crippen MR) is 113 cm³/mol. The third-order valence-corrected chi connectivity index (χ3v) is 5.89. The van der Waals surface area contributed by atoms with Crippen LogP contribution in [0.2, 0.25) is 0 Å². The third kappa shape index (κ3) is 4.45. The Labute approximate surface area is 185 Å². The van der Waals surface area contributed by atoms with Crippen LogP contribution in [0.5, 0.6) is 5.75 Å². The van der Waals surface area contributed by atoms with E-state index in [-0.39, 0.29) is 11.7 Å². The normalized spacial score (nSPS) is 17.4. The van der Waals surface area contributed by atoms with Gasteiger partial charge in [0.2, 0.25) is 0 Å². The first-order valence-electron chi connectivity index (χ1n) is 10.7. The molecule has 0 N–H and O–H groups in total. The molecular weight excluding hydrogens is 421 g/mol. The molecule has 6 nitrogen and oxygen atoms in total. The number of fused-ring (bicyclic) bond motifs is 1. The van der Waals surface area contributed by atoms with E-state index in [0.717, 1.165) is 46.8 Å². The molecule has 4 rings (SSSR count). The van der Waals surface area contributed by atoms with Crippen molar-refractivity contribution in [3.63, 3.8) is 0 Å². The number of alkyl halides is 3. The fourth-order valence-corrected chi connectivity index (χ4v) is 4.37. The highest BCUT2D eigenvalue weighted by Crippen LogP contribution is 2.36. The number of ether oxygens (including phenoxy) is 2. The minimum absolute atomic E-state index is 0.0846. The number of hydrogen-bond donors (Lipinski definition) is 0. The van der Waals surface area contributed by atoms with Gasteiger partial charge in [-0.15, -0.1) is 0 Å². The molecule has 0 saturated carbocycles. The van der Waals surface area contributed by atoms with Crippen LogP contribution in [0.1, 0.15) is 54.0 Å². The zero-order chi connectivity index (χ0) is 22.9. The molecule has 32 heavy (non-hydrogen) atoms. The van der Waals surface area contributed by atoms with E-state index in [2.05, 4.69) is 21.0 Å². The van der Waals surface area contributed by atoms with Crippen molar-refractivity contribution in [3.05, 3.63) is 58.5 Å². The van der Waals surface area contributed by atoms with Gasteiger partial charge >= 0.3 is 6.18 Å². The Morgan fingerprint density at radius 2 is 1.97 bits per heavy atom. The van der Waals surface area contributed by atoms with E-state index < -0.39 is 11.9 Å². The standard InChI is InChI=1S/C23H27F3N4O2/c1-4-17-11-21(23(24,25)26)30-22(27-17)12-18(28-30)19-6-5-9-29(19)13-16-10-15(14-31-2)7-8-20(16)32-3/h7-8,10-12,19H,4-6,9,13-14H2,1-3H3/t19-/m1/s1. The van der Waals surface area contributed by atoms with Crippen LogP contribution in [-0.2, 0) is 30.5 Å². The molecule has 1 aliphatic rings. The van der Waals surface area contributed by atoms with Gasteiger partial charge in [0.1, 0.15) is 11.4 Å². The van der Waals surface area contributed by atoms with Crippen molar-refractivity contribution in [2.75, 3.05) is 20.8 Å². The molecule has 3 heterocycles. The molecular formula is C23H27F3N4O2.